The summed E-state index contributed by atoms with van der Waals surface area (Å²) < 4.78 is 30.9. The number of aromatic amines is 1. The molecule has 1 aromatic heterocycles. The van der Waals surface area contributed by atoms with Crippen LogP contribution in [0.15, 0.2) is 48.8 Å². The Bertz CT molecular complexity index is 1350. The van der Waals surface area contributed by atoms with E-state index in [2.05, 4.69) is 14.9 Å². The van der Waals surface area contributed by atoms with Crippen LogP contribution < -0.4 is 4.18 Å². The Hall–Kier alpha value is -3.21. The van der Waals surface area contributed by atoms with Gasteiger partial charge >= 0.3 is 10.3 Å². The number of nitrogens with one attached hydrogen (secondary N) is 1. The molecule has 2 aromatic carbocycles. The van der Waals surface area contributed by atoms with Gasteiger partial charge in [0.1, 0.15) is 5.75 Å². The van der Waals surface area contributed by atoms with Gasteiger partial charge in [0.15, 0.2) is 0 Å². The highest BCUT2D eigenvalue weighted by Gasteiger charge is 2.30. The summed E-state index contributed by atoms with van der Waals surface area (Å²) in [6.07, 6.45) is 2.45. The molecule has 1 aliphatic rings. The number of carbonyl (C=O) groups is 1. The van der Waals surface area contributed by atoms with Crippen LogP contribution in [0.5, 0.6) is 5.75 Å². The summed E-state index contributed by atoms with van der Waals surface area (Å²) in [5.41, 5.74) is 5.85. The molecular weight excluding hydrogens is 490 g/mol. The third-order valence-corrected chi connectivity index (χ3v) is 8.20. The van der Waals surface area contributed by atoms with Crippen molar-refractivity contribution in [3.8, 4) is 5.75 Å². The molecular formula is C27H35N5O4S. The van der Waals surface area contributed by atoms with Crippen LogP contribution in [0.4, 0.5) is 0 Å². The maximum absolute atomic E-state index is 12.8. The SMILES string of the molecule is CCN(CC)C(=O)c1ccc(C2c3ccc(OS(=O)(=O)N(C)C)cc3CCN2Cc2nc[nH]c2C)cc1. The number of carbonyl (C=O) groups excluding carboxylic acids is 1. The number of benzene rings is 2. The van der Waals surface area contributed by atoms with Gasteiger partial charge in [-0.25, -0.2) is 4.98 Å². The molecule has 0 saturated carbocycles. The van der Waals surface area contributed by atoms with E-state index in [9.17, 15) is 13.2 Å². The number of aryl methyl sites for hydroxylation is 1. The van der Waals surface area contributed by atoms with Gasteiger partial charge in [-0.3, -0.25) is 9.69 Å². The van der Waals surface area contributed by atoms with Crippen molar-refractivity contribution in [2.24, 2.45) is 0 Å². The summed E-state index contributed by atoms with van der Waals surface area (Å²) in [6, 6.07) is 13.2. The minimum atomic E-state index is -3.84. The van der Waals surface area contributed by atoms with Gasteiger partial charge in [-0.05, 0) is 68.1 Å². The molecule has 1 unspecified atom stereocenters. The predicted molar refractivity (Wildman–Crippen MR) is 143 cm³/mol. The second-order valence-corrected chi connectivity index (χ2v) is 11.1. The fourth-order valence-electron chi connectivity index (χ4n) is 4.70. The summed E-state index contributed by atoms with van der Waals surface area (Å²) in [6.45, 7) is 8.71. The number of aromatic nitrogens is 2. The predicted octanol–water partition coefficient (Wildman–Crippen LogP) is 3.53. The molecule has 198 valence electrons. The molecule has 0 fully saturated rings. The molecule has 0 bridgehead atoms. The molecule has 4 rings (SSSR count). The van der Waals surface area contributed by atoms with Crippen LogP contribution in [0.25, 0.3) is 0 Å². The van der Waals surface area contributed by atoms with E-state index in [0.717, 1.165) is 45.3 Å². The zero-order valence-corrected chi connectivity index (χ0v) is 22.9. The Morgan fingerprint density at radius 3 is 2.43 bits per heavy atom. The van der Waals surface area contributed by atoms with E-state index in [1.165, 1.54) is 14.1 Å². The highest BCUT2D eigenvalue weighted by molar-refractivity contribution is 7.84. The maximum Gasteiger partial charge on any atom is 0.384 e. The Morgan fingerprint density at radius 2 is 1.84 bits per heavy atom. The number of hydrogen-bond acceptors (Lipinski definition) is 6. The quantitative estimate of drug-likeness (QED) is 0.459. The second-order valence-electron chi connectivity index (χ2n) is 9.38. The molecule has 37 heavy (non-hydrogen) atoms. The number of nitrogens with zero attached hydrogens (tertiary/aromatic N) is 4. The number of H-pyrrole nitrogens is 1. The molecule has 0 radical (unpaired) electrons. The van der Waals surface area contributed by atoms with Gasteiger partial charge in [0.25, 0.3) is 5.91 Å². The Balaban J connectivity index is 1.70. The maximum atomic E-state index is 12.8. The third-order valence-electron chi connectivity index (χ3n) is 6.90. The van der Waals surface area contributed by atoms with Crippen molar-refractivity contribution in [3.63, 3.8) is 0 Å². The zero-order valence-electron chi connectivity index (χ0n) is 22.1. The van der Waals surface area contributed by atoms with Crippen molar-refractivity contribution in [1.29, 1.82) is 0 Å². The Labute approximate surface area is 219 Å². The molecule has 1 amide bonds. The molecule has 0 saturated heterocycles. The van der Waals surface area contributed by atoms with Gasteiger partial charge in [-0.2, -0.15) is 12.7 Å². The Kier molecular flexibility index (Phi) is 8.01. The Morgan fingerprint density at radius 1 is 1.14 bits per heavy atom. The van der Waals surface area contributed by atoms with Crippen molar-refractivity contribution >= 4 is 16.2 Å². The summed E-state index contributed by atoms with van der Waals surface area (Å²) in [5, 5.41) is 0. The monoisotopic (exact) mass is 525 g/mol. The van der Waals surface area contributed by atoms with E-state index < -0.39 is 10.3 Å². The fraction of sp³-hybridized carbons (Fsp3) is 0.407. The van der Waals surface area contributed by atoms with Gasteiger partial charge in [0.2, 0.25) is 0 Å². The summed E-state index contributed by atoms with van der Waals surface area (Å²) in [5.74, 6) is 0.316. The van der Waals surface area contributed by atoms with E-state index in [-0.39, 0.29) is 11.9 Å². The first-order valence-corrected chi connectivity index (χ1v) is 13.9. The molecule has 1 atom stereocenters. The van der Waals surface area contributed by atoms with Crippen LogP contribution in [-0.2, 0) is 23.3 Å². The van der Waals surface area contributed by atoms with Crippen molar-refractivity contribution in [3.05, 3.63) is 82.4 Å². The van der Waals surface area contributed by atoms with Crippen molar-refractivity contribution in [1.82, 2.24) is 24.1 Å². The number of imidazole rings is 1. The summed E-state index contributed by atoms with van der Waals surface area (Å²) >= 11 is 0. The molecule has 1 N–H and O–H groups in total. The van der Waals surface area contributed by atoms with Gasteiger partial charge in [-0.15, -0.1) is 0 Å². The lowest BCUT2D eigenvalue weighted by atomic mass is 9.87. The molecule has 2 heterocycles. The topological polar surface area (TPSA) is 98.8 Å². The molecule has 3 aromatic rings. The number of amides is 1. The normalized spacial score (nSPS) is 16.0. The minimum Gasteiger partial charge on any atom is -0.371 e. The first kappa shape index (κ1) is 26.8. The standard InChI is InChI=1S/C27H35N5O4S/c1-6-31(7-2)27(33)21-10-8-20(9-11-21)26-24-13-12-23(36-37(34,35)30(4)5)16-22(24)14-15-32(26)17-25-19(3)28-18-29-25/h8-13,16,18,26H,6-7,14-15,17H2,1-5H3,(H,28,29). The van der Waals surface area contributed by atoms with Gasteiger partial charge in [0.05, 0.1) is 18.1 Å². The van der Waals surface area contributed by atoms with E-state index in [0.29, 0.717) is 30.9 Å². The van der Waals surface area contributed by atoms with Gasteiger partial charge in [0, 0.05) is 51.5 Å². The second kappa shape index (κ2) is 11.0. The lowest BCUT2D eigenvalue weighted by Gasteiger charge is -2.37. The first-order valence-electron chi connectivity index (χ1n) is 12.5. The molecule has 1 aliphatic heterocycles. The van der Waals surface area contributed by atoms with Crippen molar-refractivity contribution in [2.45, 2.75) is 39.8 Å². The average molecular weight is 526 g/mol. The van der Waals surface area contributed by atoms with Crippen LogP contribution in [0.3, 0.4) is 0 Å². The molecule has 9 nitrogen and oxygen atoms in total. The number of hydrogen-bond donors (Lipinski definition) is 1. The van der Waals surface area contributed by atoms with Gasteiger partial charge in [-0.1, -0.05) is 18.2 Å². The van der Waals surface area contributed by atoms with E-state index >= 15 is 0 Å². The lowest BCUT2D eigenvalue weighted by molar-refractivity contribution is 0.0773. The van der Waals surface area contributed by atoms with E-state index in [4.69, 9.17) is 4.18 Å². The van der Waals surface area contributed by atoms with E-state index in [1.807, 2.05) is 57.2 Å². The first-order chi connectivity index (χ1) is 17.6. The van der Waals surface area contributed by atoms with Crippen LogP contribution in [-0.4, -0.2) is 72.1 Å². The molecule has 0 spiro atoms. The van der Waals surface area contributed by atoms with Crippen LogP contribution in [0.1, 0.15) is 58.3 Å². The highest BCUT2D eigenvalue weighted by atomic mass is 32.2. The molecule has 10 heteroatoms. The van der Waals surface area contributed by atoms with Crippen LogP contribution in [0, 0.1) is 6.92 Å². The lowest BCUT2D eigenvalue weighted by Crippen LogP contribution is -2.36. The fourth-order valence-corrected chi connectivity index (χ4v) is 5.20. The number of rotatable bonds is 9. The van der Waals surface area contributed by atoms with E-state index in [1.54, 1.807) is 17.3 Å². The minimum absolute atomic E-state index is 0.0218. The summed E-state index contributed by atoms with van der Waals surface area (Å²) in [4.78, 5) is 24.7. The van der Waals surface area contributed by atoms with Crippen LogP contribution in [0.2, 0.25) is 0 Å². The average Bonchev–Trinajstić information content (AvgIpc) is 3.28. The largest absolute Gasteiger partial charge is 0.384 e. The van der Waals surface area contributed by atoms with Gasteiger partial charge < -0.3 is 14.1 Å². The third kappa shape index (κ3) is 5.71. The molecule has 0 aliphatic carbocycles. The van der Waals surface area contributed by atoms with Crippen molar-refractivity contribution < 1.29 is 17.4 Å². The smallest absolute Gasteiger partial charge is 0.371 e. The highest BCUT2D eigenvalue weighted by Crippen LogP contribution is 2.38. The number of fused-ring (bicyclic) bond motifs is 1. The summed E-state index contributed by atoms with van der Waals surface area (Å²) in [7, 11) is -0.967. The zero-order chi connectivity index (χ0) is 26.7. The van der Waals surface area contributed by atoms with Crippen molar-refractivity contribution in [2.75, 3.05) is 33.7 Å². The van der Waals surface area contributed by atoms with Crippen LogP contribution >= 0.6 is 0 Å².